The Bertz CT molecular complexity index is 1000. The zero-order valence-electron chi connectivity index (χ0n) is 19.5. The Kier molecular flexibility index (Phi) is 5.50. The first-order valence-corrected chi connectivity index (χ1v) is 13.9. The summed E-state index contributed by atoms with van der Waals surface area (Å²) in [7, 11) is -2.00. The standard InChI is InChI=1S/C22H34N2O6Si/c1-21(2,3)31(6,7)27-12-15-16-17(30-22(4,5)29-16)19(28-15)24-14-11-9-8-10-13(14)18(25)23-20(24)26/h9,11,15-17,19H,8,10,12H2,1-7H3,(H,23,25,26)/t15-,16-,17-,19-/m1/s1. The molecule has 2 fully saturated rings. The van der Waals surface area contributed by atoms with Gasteiger partial charge in [0.1, 0.15) is 18.3 Å². The summed E-state index contributed by atoms with van der Waals surface area (Å²) in [5.41, 5.74) is 0.347. The molecule has 0 amide bonds. The van der Waals surface area contributed by atoms with Crippen molar-refractivity contribution >= 4 is 14.4 Å². The van der Waals surface area contributed by atoms with E-state index in [2.05, 4.69) is 38.8 Å². The highest BCUT2D eigenvalue weighted by Gasteiger charge is 2.57. The monoisotopic (exact) mass is 450 g/mol. The van der Waals surface area contributed by atoms with E-state index in [-0.39, 0.29) is 22.8 Å². The number of fused-ring (bicyclic) bond motifs is 2. The van der Waals surface area contributed by atoms with Crippen molar-refractivity contribution in [2.24, 2.45) is 0 Å². The van der Waals surface area contributed by atoms with Gasteiger partial charge in [-0.25, -0.2) is 4.79 Å². The third-order valence-corrected chi connectivity index (χ3v) is 11.4. The normalized spacial score (nSPS) is 29.8. The molecule has 9 heteroatoms. The average Bonchev–Trinajstić information content (AvgIpc) is 3.13. The van der Waals surface area contributed by atoms with E-state index in [4.69, 9.17) is 18.6 Å². The Morgan fingerprint density at radius 2 is 1.90 bits per heavy atom. The molecule has 172 valence electrons. The molecule has 31 heavy (non-hydrogen) atoms. The number of H-pyrrole nitrogens is 1. The second-order valence-electron chi connectivity index (χ2n) is 10.6. The molecule has 4 rings (SSSR count). The molecule has 1 aromatic rings. The van der Waals surface area contributed by atoms with Crippen LogP contribution in [0.1, 0.15) is 58.5 Å². The summed E-state index contributed by atoms with van der Waals surface area (Å²) in [6.07, 6.45) is 3.21. The van der Waals surface area contributed by atoms with Crippen molar-refractivity contribution in [3.8, 4) is 0 Å². The quantitative estimate of drug-likeness (QED) is 0.709. The molecule has 1 aromatic heterocycles. The summed E-state index contributed by atoms with van der Waals surface area (Å²) < 4.78 is 26.6. The predicted octanol–water partition coefficient (Wildman–Crippen LogP) is 2.94. The summed E-state index contributed by atoms with van der Waals surface area (Å²) in [6, 6.07) is 0. The van der Waals surface area contributed by atoms with Crippen molar-refractivity contribution in [3.63, 3.8) is 0 Å². The number of nitrogens with one attached hydrogen (secondary N) is 1. The third kappa shape index (κ3) is 4.02. The largest absolute Gasteiger partial charge is 0.414 e. The zero-order chi connectivity index (χ0) is 22.8. The molecule has 0 saturated carbocycles. The molecule has 0 unspecified atom stereocenters. The first-order valence-electron chi connectivity index (χ1n) is 11.0. The highest BCUT2D eigenvalue weighted by molar-refractivity contribution is 6.74. The zero-order valence-corrected chi connectivity index (χ0v) is 20.5. The molecule has 0 bridgehead atoms. The van der Waals surface area contributed by atoms with Crippen LogP contribution in [0.3, 0.4) is 0 Å². The van der Waals surface area contributed by atoms with Crippen LogP contribution < -0.4 is 11.2 Å². The Morgan fingerprint density at radius 3 is 2.58 bits per heavy atom. The summed E-state index contributed by atoms with van der Waals surface area (Å²) in [6.45, 7) is 15.0. The van der Waals surface area contributed by atoms with E-state index in [0.717, 1.165) is 6.42 Å². The number of nitrogens with zero attached hydrogens (tertiary/aromatic N) is 1. The number of aromatic amines is 1. The van der Waals surface area contributed by atoms with E-state index in [1.165, 1.54) is 4.57 Å². The van der Waals surface area contributed by atoms with Gasteiger partial charge in [-0.05, 0) is 50.9 Å². The lowest BCUT2D eigenvalue weighted by Crippen LogP contribution is -2.44. The topological polar surface area (TPSA) is 91.8 Å². The van der Waals surface area contributed by atoms with Gasteiger partial charge in [-0.1, -0.05) is 26.8 Å². The highest BCUT2D eigenvalue weighted by Crippen LogP contribution is 2.44. The smallest absolute Gasteiger partial charge is 0.331 e. The second kappa shape index (κ2) is 7.52. The van der Waals surface area contributed by atoms with Crippen molar-refractivity contribution < 1.29 is 18.6 Å². The van der Waals surface area contributed by atoms with Crippen molar-refractivity contribution in [2.45, 2.75) is 95.9 Å². The Balaban J connectivity index is 1.69. The molecule has 2 saturated heterocycles. The number of aromatic nitrogens is 2. The van der Waals surface area contributed by atoms with Gasteiger partial charge in [0.2, 0.25) is 0 Å². The van der Waals surface area contributed by atoms with Crippen LogP contribution in [0.2, 0.25) is 18.1 Å². The molecule has 4 atom stereocenters. The maximum Gasteiger partial charge on any atom is 0.331 e. The van der Waals surface area contributed by atoms with Gasteiger partial charge in [-0.2, -0.15) is 0 Å². The van der Waals surface area contributed by atoms with E-state index < -0.39 is 32.1 Å². The number of hydrogen-bond donors (Lipinski definition) is 1. The van der Waals surface area contributed by atoms with Gasteiger partial charge in [0.15, 0.2) is 20.3 Å². The summed E-state index contributed by atoms with van der Waals surface area (Å²) in [4.78, 5) is 27.7. The first kappa shape index (κ1) is 22.7. The maximum absolute atomic E-state index is 12.9. The van der Waals surface area contributed by atoms with Gasteiger partial charge >= 0.3 is 5.69 Å². The maximum atomic E-state index is 12.9. The molecule has 2 aliphatic heterocycles. The fourth-order valence-corrected chi connectivity index (χ4v) is 5.22. The Morgan fingerprint density at radius 1 is 1.23 bits per heavy atom. The molecule has 1 N–H and O–H groups in total. The molecule has 1 aliphatic carbocycles. The minimum absolute atomic E-state index is 0.0659. The fourth-order valence-electron chi connectivity index (χ4n) is 4.21. The van der Waals surface area contributed by atoms with Crippen LogP contribution in [-0.4, -0.2) is 48.6 Å². The van der Waals surface area contributed by atoms with Gasteiger partial charge in [-0.3, -0.25) is 14.3 Å². The predicted molar refractivity (Wildman–Crippen MR) is 120 cm³/mol. The van der Waals surface area contributed by atoms with E-state index in [9.17, 15) is 9.59 Å². The molecule has 0 aromatic carbocycles. The Hall–Kier alpha value is -1.52. The first-order chi connectivity index (χ1) is 14.3. The van der Waals surface area contributed by atoms with Gasteiger partial charge in [-0.15, -0.1) is 0 Å². The number of rotatable bonds is 4. The van der Waals surface area contributed by atoms with Gasteiger partial charge in [0.25, 0.3) is 5.56 Å². The van der Waals surface area contributed by atoms with E-state index >= 15 is 0 Å². The van der Waals surface area contributed by atoms with Crippen LogP contribution >= 0.6 is 0 Å². The number of allylic oxidation sites excluding steroid dienone is 1. The van der Waals surface area contributed by atoms with Gasteiger partial charge < -0.3 is 18.6 Å². The Labute approximate surface area is 183 Å². The second-order valence-corrected chi connectivity index (χ2v) is 15.4. The molecule has 0 spiro atoms. The lowest BCUT2D eigenvalue weighted by Gasteiger charge is -2.37. The van der Waals surface area contributed by atoms with Crippen LogP contribution in [0.4, 0.5) is 0 Å². The fraction of sp³-hybridized carbons (Fsp3) is 0.727. The number of hydrogen-bond acceptors (Lipinski definition) is 6. The van der Waals surface area contributed by atoms with Crippen LogP contribution in [0.25, 0.3) is 6.08 Å². The van der Waals surface area contributed by atoms with Crippen molar-refractivity contribution in [1.82, 2.24) is 9.55 Å². The van der Waals surface area contributed by atoms with E-state index in [1.54, 1.807) is 0 Å². The van der Waals surface area contributed by atoms with Crippen LogP contribution in [0, 0.1) is 0 Å². The van der Waals surface area contributed by atoms with Crippen LogP contribution in [0.15, 0.2) is 15.7 Å². The lowest BCUT2D eigenvalue weighted by atomic mass is 10.0. The molecule has 8 nitrogen and oxygen atoms in total. The van der Waals surface area contributed by atoms with E-state index in [1.807, 2.05) is 26.0 Å². The molecular weight excluding hydrogens is 416 g/mol. The van der Waals surface area contributed by atoms with Crippen molar-refractivity contribution in [1.29, 1.82) is 0 Å². The minimum atomic E-state index is -2.00. The number of ether oxygens (including phenoxy) is 3. The van der Waals surface area contributed by atoms with E-state index in [0.29, 0.717) is 24.3 Å². The molecule has 3 heterocycles. The molecular formula is C22H34N2O6Si. The van der Waals surface area contributed by atoms with Gasteiger partial charge in [0, 0.05) is 5.56 Å². The third-order valence-electron chi connectivity index (χ3n) is 6.91. The molecule has 0 radical (unpaired) electrons. The summed E-state index contributed by atoms with van der Waals surface area (Å²) in [5, 5.41) is 0.0659. The lowest BCUT2D eigenvalue weighted by molar-refractivity contribution is -0.200. The van der Waals surface area contributed by atoms with Crippen LogP contribution in [-0.2, 0) is 25.1 Å². The van der Waals surface area contributed by atoms with Crippen molar-refractivity contribution in [2.75, 3.05) is 6.61 Å². The molecule has 3 aliphatic rings. The SMILES string of the molecule is CC1(C)O[C@@H]2[C@H](O1)[C@@H](CO[Si](C)(C)C(C)(C)C)O[C@H]2n1c2c(c(=O)[nH]c1=O)CCC=C2. The summed E-state index contributed by atoms with van der Waals surface area (Å²) >= 11 is 0. The van der Waals surface area contributed by atoms with Gasteiger partial charge in [0.05, 0.1) is 12.3 Å². The minimum Gasteiger partial charge on any atom is -0.414 e. The summed E-state index contributed by atoms with van der Waals surface area (Å²) in [5.74, 6) is -0.797. The average molecular weight is 451 g/mol. The highest BCUT2D eigenvalue weighted by atomic mass is 28.4. The van der Waals surface area contributed by atoms with Crippen LogP contribution in [0.5, 0.6) is 0 Å². The van der Waals surface area contributed by atoms with Crippen molar-refractivity contribution in [3.05, 3.63) is 38.2 Å².